The topological polar surface area (TPSA) is 76.2 Å². The van der Waals surface area contributed by atoms with E-state index in [0.717, 1.165) is 10.0 Å². The van der Waals surface area contributed by atoms with Crippen LogP contribution in [0.15, 0.2) is 34.8 Å². The molecule has 6 heteroatoms. The first-order valence-corrected chi connectivity index (χ1v) is 8.89. The van der Waals surface area contributed by atoms with Gasteiger partial charge >= 0.3 is 5.97 Å². The first-order valence-electron chi connectivity index (χ1n) is 8.10. The van der Waals surface area contributed by atoms with Gasteiger partial charge in [-0.25, -0.2) is 4.79 Å². The van der Waals surface area contributed by atoms with E-state index in [-0.39, 0.29) is 11.6 Å². The maximum absolute atomic E-state index is 12.6. The van der Waals surface area contributed by atoms with Crippen molar-refractivity contribution in [3.05, 3.63) is 62.9 Å². The van der Waals surface area contributed by atoms with E-state index in [4.69, 9.17) is 4.74 Å². The maximum atomic E-state index is 12.6. The van der Waals surface area contributed by atoms with Crippen LogP contribution < -0.4 is 0 Å². The average molecular weight is 418 g/mol. The predicted molar refractivity (Wildman–Crippen MR) is 103 cm³/mol. The van der Waals surface area contributed by atoms with Crippen LogP contribution in [0.1, 0.15) is 51.5 Å². The number of hydrogen-bond donors (Lipinski definition) is 1. The summed E-state index contributed by atoms with van der Waals surface area (Å²) in [6.07, 6.45) is 1.92. The van der Waals surface area contributed by atoms with Crippen molar-refractivity contribution >= 4 is 39.5 Å². The molecule has 2 rings (SSSR count). The molecular formula is C20H20BrNO4. The Morgan fingerprint density at radius 2 is 1.85 bits per heavy atom. The highest BCUT2D eigenvalue weighted by molar-refractivity contribution is 9.10. The number of rotatable bonds is 6. The lowest BCUT2D eigenvalue weighted by molar-refractivity contribution is -0.140. The van der Waals surface area contributed by atoms with E-state index in [1.165, 1.54) is 19.9 Å². The van der Waals surface area contributed by atoms with E-state index in [1.54, 1.807) is 19.9 Å². The van der Waals surface area contributed by atoms with Gasteiger partial charge in [0.1, 0.15) is 0 Å². The molecule has 0 saturated carbocycles. The fraction of sp³-hybridized carbons (Fsp3) is 0.250. The van der Waals surface area contributed by atoms with Crippen LogP contribution in [0.3, 0.4) is 0 Å². The quantitative estimate of drug-likeness (QED) is 0.428. The highest BCUT2D eigenvalue weighted by Crippen LogP contribution is 2.21. The third kappa shape index (κ3) is 4.38. The number of carbonyl (C=O) groups excluding carboxylic acids is 3. The molecule has 0 aliphatic rings. The minimum Gasteiger partial charge on any atom is -0.451 e. The molecule has 0 fully saturated rings. The third-order valence-corrected chi connectivity index (χ3v) is 4.72. The molecule has 0 bridgehead atoms. The molecule has 1 aromatic carbocycles. The van der Waals surface area contributed by atoms with Gasteiger partial charge in [0.25, 0.3) is 0 Å². The van der Waals surface area contributed by atoms with E-state index in [2.05, 4.69) is 20.9 Å². The van der Waals surface area contributed by atoms with Crippen LogP contribution in [0.2, 0.25) is 0 Å². The Kier molecular flexibility index (Phi) is 6.32. The van der Waals surface area contributed by atoms with Crippen LogP contribution in [0.25, 0.3) is 6.08 Å². The average Bonchev–Trinajstić information content (AvgIpc) is 2.87. The summed E-state index contributed by atoms with van der Waals surface area (Å²) in [6, 6.07) is 7.43. The Hall–Kier alpha value is -2.47. The zero-order valence-electron chi connectivity index (χ0n) is 15.1. The van der Waals surface area contributed by atoms with Gasteiger partial charge in [-0.15, -0.1) is 0 Å². The van der Waals surface area contributed by atoms with Crippen molar-refractivity contribution in [1.29, 1.82) is 0 Å². The van der Waals surface area contributed by atoms with E-state index in [1.807, 2.05) is 24.3 Å². The highest BCUT2D eigenvalue weighted by Gasteiger charge is 2.25. The fourth-order valence-corrected chi connectivity index (χ4v) is 3.18. The van der Waals surface area contributed by atoms with Gasteiger partial charge in [0, 0.05) is 21.8 Å². The molecule has 0 spiro atoms. The van der Waals surface area contributed by atoms with Crippen molar-refractivity contribution in [2.75, 3.05) is 0 Å². The SMILES string of the molecule is CC(=O)c1c(C)[nH]c(C(=O)[C@H](C)OC(=O)/C=C/c2ccccc2Br)c1C. The Balaban J connectivity index is 2.10. The monoisotopic (exact) mass is 417 g/mol. The number of ketones is 2. The van der Waals surface area contributed by atoms with Crippen molar-refractivity contribution in [3.63, 3.8) is 0 Å². The van der Waals surface area contributed by atoms with Crippen molar-refractivity contribution in [1.82, 2.24) is 4.98 Å². The Morgan fingerprint density at radius 1 is 1.19 bits per heavy atom. The number of aromatic nitrogens is 1. The second kappa shape index (κ2) is 8.27. The number of Topliss-reactive ketones (excluding diaryl/α,β-unsaturated/α-hetero) is 2. The molecule has 0 aliphatic carbocycles. The summed E-state index contributed by atoms with van der Waals surface area (Å²) >= 11 is 3.39. The van der Waals surface area contributed by atoms with E-state index in [0.29, 0.717) is 22.5 Å². The van der Waals surface area contributed by atoms with Crippen molar-refractivity contribution in [2.24, 2.45) is 0 Å². The number of esters is 1. The summed E-state index contributed by atoms with van der Waals surface area (Å²) in [6.45, 7) is 6.40. The first-order chi connectivity index (χ1) is 12.2. The summed E-state index contributed by atoms with van der Waals surface area (Å²) in [7, 11) is 0. The molecule has 136 valence electrons. The molecule has 0 unspecified atom stereocenters. The van der Waals surface area contributed by atoms with Crippen LogP contribution in [0.5, 0.6) is 0 Å². The molecule has 0 saturated heterocycles. The predicted octanol–water partition coefficient (Wildman–Crippen LogP) is 4.42. The number of ether oxygens (including phenoxy) is 1. The van der Waals surface area contributed by atoms with Gasteiger partial charge in [0.2, 0.25) is 5.78 Å². The molecular weight excluding hydrogens is 398 g/mol. The highest BCUT2D eigenvalue weighted by atomic mass is 79.9. The number of halogens is 1. The van der Waals surface area contributed by atoms with Gasteiger partial charge in [0.15, 0.2) is 11.9 Å². The van der Waals surface area contributed by atoms with Gasteiger partial charge in [-0.2, -0.15) is 0 Å². The number of benzene rings is 1. The van der Waals surface area contributed by atoms with E-state index >= 15 is 0 Å². The summed E-state index contributed by atoms with van der Waals surface area (Å²) in [5, 5.41) is 0. The lowest BCUT2D eigenvalue weighted by atomic mass is 10.0. The second-order valence-electron chi connectivity index (χ2n) is 5.98. The number of nitrogens with one attached hydrogen (secondary N) is 1. The van der Waals surface area contributed by atoms with E-state index in [9.17, 15) is 14.4 Å². The zero-order chi connectivity index (χ0) is 19.4. The molecule has 1 aromatic heterocycles. The molecule has 0 aliphatic heterocycles. The number of aromatic amines is 1. The lowest BCUT2D eigenvalue weighted by Gasteiger charge is -2.10. The van der Waals surface area contributed by atoms with Crippen molar-refractivity contribution < 1.29 is 19.1 Å². The Labute approximate surface area is 160 Å². The first kappa shape index (κ1) is 19.8. The summed E-state index contributed by atoms with van der Waals surface area (Å²) in [5.74, 6) is -1.11. The molecule has 5 nitrogen and oxygen atoms in total. The molecule has 26 heavy (non-hydrogen) atoms. The third-order valence-electron chi connectivity index (χ3n) is 4.00. The lowest BCUT2D eigenvalue weighted by Crippen LogP contribution is -2.24. The smallest absolute Gasteiger partial charge is 0.331 e. The van der Waals surface area contributed by atoms with Gasteiger partial charge < -0.3 is 9.72 Å². The van der Waals surface area contributed by atoms with E-state index < -0.39 is 12.1 Å². The Bertz CT molecular complexity index is 895. The number of H-pyrrole nitrogens is 1. The molecule has 1 atom stereocenters. The maximum Gasteiger partial charge on any atom is 0.331 e. The standard InChI is InChI=1S/C20H20BrNO4/c1-11-18(13(3)23)12(2)22-19(11)20(25)14(4)26-17(24)10-9-15-7-5-6-8-16(15)21/h5-10,14,22H,1-4H3/b10-9+/t14-/m0/s1. The van der Waals surface area contributed by atoms with Gasteiger partial charge in [-0.05, 0) is 51.0 Å². The summed E-state index contributed by atoms with van der Waals surface area (Å²) in [4.78, 5) is 39.2. The summed E-state index contributed by atoms with van der Waals surface area (Å²) in [5.41, 5.74) is 2.83. The molecule has 1 heterocycles. The molecule has 2 aromatic rings. The minimum atomic E-state index is -0.970. The van der Waals surface area contributed by atoms with Crippen LogP contribution in [-0.2, 0) is 9.53 Å². The van der Waals surface area contributed by atoms with Crippen LogP contribution in [-0.4, -0.2) is 28.6 Å². The van der Waals surface area contributed by atoms with Crippen LogP contribution in [0.4, 0.5) is 0 Å². The van der Waals surface area contributed by atoms with Gasteiger partial charge in [0.05, 0.1) is 5.69 Å². The van der Waals surface area contributed by atoms with Gasteiger partial charge in [-0.1, -0.05) is 34.1 Å². The fourth-order valence-electron chi connectivity index (χ4n) is 2.76. The van der Waals surface area contributed by atoms with Gasteiger partial charge in [-0.3, -0.25) is 9.59 Å². The second-order valence-corrected chi connectivity index (χ2v) is 6.83. The number of carbonyl (C=O) groups is 3. The zero-order valence-corrected chi connectivity index (χ0v) is 16.6. The van der Waals surface area contributed by atoms with Crippen molar-refractivity contribution in [3.8, 4) is 0 Å². The normalized spacial score (nSPS) is 12.2. The van der Waals surface area contributed by atoms with Crippen LogP contribution >= 0.6 is 15.9 Å². The molecule has 0 amide bonds. The largest absolute Gasteiger partial charge is 0.451 e. The summed E-state index contributed by atoms with van der Waals surface area (Å²) < 4.78 is 6.05. The Morgan fingerprint density at radius 3 is 2.42 bits per heavy atom. The van der Waals surface area contributed by atoms with Crippen LogP contribution in [0, 0.1) is 13.8 Å². The number of aryl methyl sites for hydroxylation is 1. The molecule has 0 radical (unpaired) electrons. The minimum absolute atomic E-state index is 0.115. The van der Waals surface area contributed by atoms with Crippen molar-refractivity contribution in [2.45, 2.75) is 33.8 Å². The molecule has 1 N–H and O–H groups in total. The number of hydrogen-bond acceptors (Lipinski definition) is 4.